The lowest BCUT2D eigenvalue weighted by molar-refractivity contribution is -0.137. The second-order valence-corrected chi connectivity index (χ2v) is 5.70. The highest BCUT2D eigenvalue weighted by molar-refractivity contribution is 5.74. The minimum absolute atomic E-state index is 0.00460. The number of carbonyl (C=O) groups is 2. The zero-order valence-electron chi connectivity index (χ0n) is 12.8. The van der Waals surface area contributed by atoms with Gasteiger partial charge in [0, 0.05) is 38.1 Å². The molecule has 20 heavy (non-hydrogen) atoms. The van der Waals surface area contributed by atoms with Crippen LogP contribution < -0.4 is 5.32 Å². The molecule has 2 amide bonds. The van der Waals surface area contributed by atoms with Gasteiger partial charge in [-0.2, -0.15) is 0 Å². The molecule has 1 rings (SSSR count). The molecule has 1 saturated heterocycles. The molecule has 0 aromatic rings. The van der Waals surface area contributed by atoms with E-state index >= 15 is 0 Å². The zero-order chi connectivity index (χ0) is 15.1. The number of amides is 2. The van der Waals surface area contributed by atoms with Crippen molar-refractivity contribution in [3.05, 3.63) is 0 Å². The van der Waals surface area contributed by atoms with Crippen LogP contribution in [-0.4, -0.2) is 65.7 Å². The predicted molar refractivity (Wildman–Crippen MR) is 77.8 cm³/mol. The average Bonchev–Trinajstić information content (AvgIpc) is 2.38. The van der Waals surface area contributed by atoms with E-state index in [-0.39, 0.29) is 12.5 Å². The third-order valence-electron chi connectivity index (χ3n) is 3.99. The van der Waals surface area contributed by atoms with Crippen molar-refractivity contribution in [1.29, 1.82) is 0 Å². The first-order chi connectivity index (χ1) is 9.41. The highest BCUT2D eigenvalue weighted by Gasteiger charge is 2.28. The average molecular weight is 285 g/mol. The lowest BCUT2D eigenvalue weighted by Gasteiger charge is -2.42. The number of hydrogen-bond acceptors (Lipinski definition) is 3. The van der Waals surface area contributed by atoms with Gasteiger partial charge in [-0.25, -0.2) is 4.79 Å². The second-order valence-electron chi connectivity index (χ2n) is 5.70. The Morgan fingerprint density at radius 3 is 2.30 bits per heavy atom. The Morgan fingerprint density at radius 1 is 1.15 bits per heavy atom. The molecule has 0 aromatic carbocycles. The van der Waals surface area contributed by atoms with Crippen LogP contribution in [0.2, 0.25) is 0 Å². The zero-order valence-corrected chi connectivity index (χ0v) is 12.8. The monoisotopic (exact) mass is 285 g/mol. The van der Waals surface area contributed by atoms with Gasteiger partial charge in [0.05, 0.1) is 0 Å². The summed E-state index contributed by atoms with van der Waals surface area (Å²) >= 11 is 0. The van der Waals surface area contributed by atoms with Crippen molar-refractivity contribution >= 4 is 12.0 Å². The van der Waals surface area contributed by atoms with Gasteiger partial charge in [0.25, 0.3) is 0 Å². The van der Waals surface area contributed by atoms with E-state index in [2.05, 4.69) is 31.1 Å². The molecule has 1 aliphatic rings. The smallest absolute Gasteiger partial charge is 0.317 e. The maximum Gasteiger partial charge on any atom is 0.317 e. The fourth-order valence-corrected chi connectivity index (χ4v) is 2.46. The van der Waals surface area contributed by atoms with Gasteiger partial charge in [-0.1, -0.05) is 6.42 Å². The lowest BCUT2D eigenvalue weighted by Crippen LogP contribution is -2.58. The van der Waals surface area contributed by atoms with Crippen molar-refractivity contribution in [1.82, 2.24) is 15.1 Å². The first kappa shape index (κ1) is 16.8. The van der Waals surface area contributed by atoms with Crippen LogP contribution in [0.25, 0.3) is 0 Å². The quantitative estimate of drug-likeness (QED) is 0.723. The Hall–Kier alpha value is -1.30. The summed E-state index contributed by atoms with van der Waals surface area (Å²) in [6.45, 7) is 6.38. The molecule has 0 radical (unpaired) electrons. The minimum Gasteiger partial charge on any atom is -0.481 e. The standard InChI is InChI=1S/C14H27N3O3/c1-11-9-17(10-12(2)16(11)3)14(20)15-8-6-4-5-7-13(18)19/h11-12H,4-10H2,1-3H3,(H,15,20)(H,18,19). The molecular formula is C14H27N3O3. The summed E-state index contributed by atoms with van der Waals surface area (Å²) in [6, 6.07) is 0.746. The van der Waals surface area contributed by atoms with E-state index in [1.807, 2.05) is 4.90 Å². The second kappa shape index (κ2) is 8.09. The van der Waals surface area contributed by atoms with Crippen molar-refractivity contribution in [3.63, 3.8) is 0 Å². The SMILES string of the molecule is CC1CN(C(=O)NCCCCCC(=O)O)CC(C)N1C. The molecule has 116 valence electrons. The maximum atomic E-state index is 12.0. The van der Waals surface area contributed by atoms with E-state index in [9.17, 15) is 9.59 Å². The fraction of sp³-hybridized carbons (Fsp3) is 0.857. The predicted octanol–water partition coefficient (Wildman–Crippen LogP) is 1.37. The maximum absolute atomic E-state index is 12.0. The van der Waals surface area contributed by atoms with Crippen LogP contribution in [0.5, 0.6) is 0 Å². The molecule has 2 unspecified atom stereocenters. The number of carboxylic acid groups (broad SMARTS) is 1. The largest absolute Gasteiger partial charge is 0.481 e. The van der Waals surface area contributed by atoms with Crippen LogP contribution in [0.1, 0.15) is 39.5 Å². The fourth-order valence-electron chi connectivity index (χ4n) is 2.46. The van der Waals surface area contributed by atoms with Crippen LogP contribution in [0, 0.1) is 0 Å². The number of nitrogens with zero attached hydrogens (tertiary/aromatic N) is 2. The van der Waals surface area contributed by atoms with Crippen LogP contribution >= 0.6 is 0 Å². The summed E-state index contributed by atoms with van der Waals surface area (Å²) in [6.07, 6.45) is 2.55. The Kier molecular flexibility index (Phi) is 6.78. The summed E-state index contributed by atoms with van der Waals surface area (Å²) in [7, 11) is 2.09. The third kappa shape index (κ3) is 5.36. The van der Waals surface area contributed by atoms with Crippen molar-refractivity contribution in [2.24, 2.45) is 0 Å². The molecular weight excluding hydrogens is 258 g/mol. The first-order valence-corrected chi connectivity index (χ1v) is 7.38. The van der Waals surface area contributed by atoms with Gasteiger partial charge < -0.3 is 15.3 Å². The van der Waals surface area contributed by atoms with Crippen LogP contribution in [-0.2, 0) is 4.79 Å². The molecule has 2 atom stereocenters. The Balaban J connectivity index is 2.18. The molecule has 0 saturated carbocycles. The number of hydrogen-bond donors (Lipinski definition) is 2. The van der Waals surface area contributed by atoms with Crippen molar-refractivity contribution in [3.8, 4) is 0 Å². The highest BCUT2D eigenvalue weighted by Crippen LogP contribution is 2.13. The number of urea groups is 1. The summed E-state index contributed by atoms with van der Waals surface area (Å²) in [5, 5.41) is 11.4. The number of nitrogens with one attached hydrogen (secondary N) is 1. The Bertz CT molecular complexity index is 324. The Labute approximate surface area is 121 Å². The molecule has 0 bridgehead atoms. The van der Waals surface area contributed by atoms with E-state index < -0.39 is 5.97 Å². The van der Waals surface area contributed by atoms with Gasteiger partial charge >= 0.3 is 12.0 Å². The van der Waals surface area contributed by atoms with Gasteiger partial charge in [0.15, 0.2) is 0 Å². The van der Waals surface area contributed by atoms with Gasteiger partial charge in [0.1, 0.15) is 0 Å². The summed E-state index contributed by atoms with van der Waals surface area (Å²) in [4.78, 5) is 26.5. The number of rotatable bonds is 6. The molecule has 6 nitrogen and oxygen atoms in total. The Morgan fingerprint density at radius 2 is 1.75 bits per heavy atom. The number of carboxylic acids is 1. The van der Waals surface area contributed by atoms with E-state index in [4.69, 9.17) is 5.11 Å². The summed E-state index contributed by atoms with van der Waals surface area (Å²) < 4.78 is 0. The van der Waals surface area contributed by atoms with Crippen molar-refractivity contribution < 1.29 is 14.7 Å². The lowest BCUT2D eigenvalue weighted by atomic mass is 10.1. The summed E-state index contributed by atoms with van der Waals surface area (Å²) in [5.41, 5.74) is 0. The van der Waals surface area contributed by atoms with Gasteiger partial charge in [-0.15, -0.1) is 0 Å². The molecule has 0 aromatic heterocycles. The van der Waals surface area contributed by atoms with E-state index in [1.165, 1.54) is 0 Å². The number of piperazine rings is 1. The molecule has 6 heteroatoms. The molecule has 0 spiro atoms. The van der Waals surface area contributed by atoms with Crippen LogP contribution in [0.15, 0.2) is 0 Å². The highest BCUT2D eigenvalue weighted by atomic mass is 16.4. The van der Waals surface area contributed by atoms with Crippen molar-refractivity contribution in [2.75, 3.05) is 26.7 Å². The van der Waals surface area contributed by atoms with Crippen molar-refractivity contribution in [2.45, 2.75) is 51.6 Å². The van der Waals surface area contributed by atoms with Gasteiger partial charge in [-0.05, 0) is 33.7 Å². The molecule has 2 N–H and O–H groups in total. The number of carbonyl (C=O) groups excluding carboxylic acids is 1. The molecule has 0 aliphatic carbocycles. The van der Waals surface area contributed by atoms with E-state index in [0.29, 0.717) is 25.0 Å². The minimum atomic E-state index is -0.755. The van der Waals surface area contributed by atoms with Gasteiger partial charge in [0.2, 0.25) is 0 Å². The number of likely N-dealkylation sites (N-methyl/N-ethyl adjacent to an activating group) is 1. The third-order valence-corrected chi connectivity index (χ3v) is 3.99. The number of unbranched alkanes of at least 4 members (excludes halogenated alkanes) is 2. The normalized spacial score (nSPS) is 23.6. The molecule has 1 heterocycles. The van der Waals surface area contributed by atoms with E-state index in [1.54, 1.807) is 0 Å². The van der Waals surface area contributed by atoms with Gasteiger partial charge in [-0.3, -0.25) is 9.69 Å². The van der Waals surface area contributed by atoms with Crippen LogP contribution in [0.3, 0.4) is 0 Å². The first-order valence-electron chi connectivity index (χ1n) is 7.38. The topological polar surface area (TPSA) is 72.9 Å². The summed E-state index contributed by atoms with van der Waals surface area (Å²) in [5.74, 6) is -0.755. The number of aliphatic carboxylic acids is 1. The molecule has 1 fully saturated rings. The van der Waals surface area contributed by atoms with E-state index in [0.717, 1.165) is 25.9 Å². The molecule has 1 aliphatic heterocycles. The van der Waals surface area contributed by atoms with Crippen LogP contribution in [0.4, 0.5) is 4.79 Å².